The number of carbonyl (C=O) groups is 1. The molecule has 8 heteroatoms. The number of guanidine groups is 1. The molecule has 1 aromatic heterocycles. The first-order chi connectivity index (χ1) is 14.1. The van der Waals surface area contributed by atoms with Crippen molar-refractivity contribution in [3.05, 3.63) is 58.9 Å². The van der Waals surface area contributed by atoms with Gasteiger partial charge in [0.25, 0.3) is 0 Å². The van der Waals surface area contributed by atoms with Crippen LogP contribution in [0.5, 0.6) is 0 Å². The fourth-order valence-electron chi connectivity index (χ4n) is 3.48. The second-order valence-corrected chi connectivity index (χ2v) is 7.65. The molecule has 30 heavy (non-hydrogen) atoms. The Morgan fingerprint density at radius 3 is 2.67 bits per heavy atom. The molecule has 162 valence electrons. The average Bonchev–Trinajstić information content (AvgIpc) is 3.27. The molecular weight excluding hydrogens is 513 g/mol. The van der Waals surface area contributed by atoms with Crippen molar-refractivity contribution < 1.29 is 4.79 Å². The number of benzene rings is 1. The van der Waals surface area contributed by atoms with Crippen LogP contribution in [0.4, 0.5) is 5.69 Å². The van der Waals surface area contributed by atoms with Crippen LogP contribution in [-0.4, -0.2) is 30.4 Å². The van der Waals surface area contributed by atoms with Gasteiger partial charge in [-0.2, -0.15) is 0 Å². The molecule has 0 saturated heterocycles. The number of hydrogen-bond acceptors (Lipinski definition) is 3. The van der Waals surface area contributed by atoms with Gasteiger partial charge in [-0.15, -0.1) is 24.0 Å². The summed E-state index contributed by atoms with van der Waals surface area (Å²) in [6, 6.07) is 11.7. The highest BCUT2D eigenvalue weighted by atomic mass is 127. The Morgan fingerprint density at radius 2 is 1.97 bits per heavy atom. The van der Waals surface area contributed by atoms with Crippen LogP contribution in [0.1, 0.15) is 36.8 Å². The SMILES string of the molecule is CN=C(NCCc1ccc(Cl)nc1)NCc1cccc(NC(=O)C2CCCC2)c1.I. The number of aromatic nitrogens is 1. The number of pyridine rings is 1. The van der Waals surface area contributed by atoms with Crippen molar-refractivity contribution in [3.63, 3.8) is 0 Å². The third-order valence-electron chi connectivity index (χ3n) is 5.10. The van der Waals surface area contributed by atoms with E-state index in [9.17, 15) is 4.79 Å². The first-order valence-electron chi connectivity index (χ1n) is 10.1. The highest BCUT2D eigenvalue weighted by Crippen LogP contribution is 2.26. The molecule has 1 fully saturated rings. The monoisotopic (exact) mass is 541 g/mol. The molecule has 0 spiro atoms. The van der Waals surface area contributed by atoms with E-state index in [4.69, 9.17) is 11.6 Å². The van der Waals surface area contributed by atoms with Crippen molar-refractivity contribution in [1.82, 2.24) is 15.6 Å². The molecule has 1 aliphatic rings. The Morgan fingerprint density at radius 1 is 1.17 bits per heavy atom. The van der Waals surface area contributed by atoms with Crippen molar-refractivity contribution in [2.75, 3.05) is 18.9 Å². The largest absolute Gasteiger partial charge is 0.356 e. The lowest BCUT2D eigenvalue weighted by Crippen LogP contribution is -2.37. The van der Waals surface area contributed by atoms with Gasteiger partial charge in [-0.3, -0.25) is 9.79 Å². The van der Waals surface area contributed by atoms with Gasteiger partial charge in [0.15, 0.2) is 5.96 Å². The summed E-state index contributed by atoms with van der Waals surface area (Å²) < 4.78 is 0. The van der Waals surface area contributed by atoms with Gasteiger partial charge in [0.05, 0.1) is 0 Å². The predicted octanol–water partition coefficient (Wildman–Crippen LogP) is 4.39. The second kappa shape index (κ2) is 12.7. The maximum absolute atomic E-state index is 12.3. The maximum Gasteiger partial charge on any atom is 0.227 e. The lowest BCUT2D eigenvalue weighted by Gasteiger charge is -2.14. The Kier molecular flexibility index (Phi) is 10.4. The molecule has 0 bridgehead atoms. The van der Waals surface area contributed by atoms with Crippen molar-refractivity contribution in [2.24, 2.45) is 10.9 Å². The number of nitrogens with zero attached hydrogens (tertiary/aromatic N) is 2. The van der Waals surface area contributed by atoms with Gasteiger partial charge in [-0.05, 0) is 48.6 Å². The summed E-state index contributed by atoms with van der Waals surface area (Å²) in [5.74, 6) is 1.03. The van der Waals surface area contributed by atoms with E-state index in [0.29, 0.717) is 11.7 Å². The van der Waals surface area contributed by atoms with Crippen LogP contribution in [0.15, 0.2) is 47.6 Å². The molecule has 0 aliphatic heterocycles. The highest BCUT2D eigenvalue weighted by molar-refractivity contribution is 14.0. The summed E-state index contributed by atoms with van der Waals surface area (Å²) >= 11 is 5.81. The van der Waals surface area contributed by atoms with E-state index in [-0.39, 0.29) is 35.8 Å². The molecule has 2 aromatic rings. The van der Waals surface area contributed by atoms with E-state index in [1.165, 1.54) is 0 Å². The number of carbonyl (C=O) groups excluding carboxylic acids is 1. The second-order valence-electron chi connectivity index (χ2n) is 7.26. The molecule has 3 rings (SSSR count). The van der Waals surface area contributed by atoms with Gasteiger partial charge in [-0.1, -0.05) is 42.6 Å². The Balaban J connectivity index is 0.00000320. The molecule has 3 N–H and O–H groups in total. The van der Waals surface area contributed by atoms with Gasteiger partial charge < -0.3 is 16.0 Å². The van der Waals surface area contributed by atoms with E-state index in [1.54, 1.807) is 19.3 Å². The van der Waals surface area contributed by atoms with E-state index in [2.05, 4.69) is 25.9 Å². The minimum atomic E-state index is 0. The molecule has 1 saturated carbocycles. The van der Waals surface area contributed by atoms with Crippen LogP contribution in [0, 0.1) is 5.92 Å². The molecular formula is C22H29ClIN5O. The predicted molar refractivity (Wildman–Crippen MR) is 134 cm³/mol. The zero-order chi connectivity index (χ0) is 20.5. The minimum absolute atomic E-state index is 0. The van der Waals surface area contributed by atoms with Crippen LogP contribution in [0.25, 0.3) is 0 Å². The van der Waals surface area contributed by atoms with Crippen molar-refractivity contribution >= 4 is 53.1 Å². The summed E-state index contributed by atoms with van der Waals surface area (Å²) in [4.78, 5) is 20.7. The number of aliphatic imine (C=N–C) groups is 1. The highest BCUT2D eigenvalue weighted by Gasteiger charge is 2.22. The van der Waals surface area contributed by atoms with Gasteiger partial charge in [-0.25, -0.2) is 4.98 Å². The molecule has 0 atom stereocenters. The van der Waals surface area contributed by atoms with Crippen LogP contribution in [0.3, 0.4) is 0 Å². The number of rotatable bonds is 7. The fraction of sp³-hybridized carbons (Fsp3) is 0.409. The van der Waals surface area contributed by atoms with Crippen LogP contribution in [0.2, 0.25) is 5.15 Å². The smallest absolute Gasteiger partial charge is 0.227 e. The minimum Gasteiger partial charge on any atom is -0.356 e. The third kappa shape index (κ3) is 7.75. The van der Waals surface area contributed by atoms with Crippen LogP contribution in [-0.2, 0) is 17.8 Å². The Hall–Kier alpha value is -1.87. The van der Waals surface area contributed by atoms with E-state index in [0.717, 1.165) is 61.4 Å². The van der Waals surface area contributed by atoms with Crippen LogP contribution >= 0.6 is 35.6 Å². The summed E-state index contributed by atoms with van der Waals surface area (Å²) in [5, 5.41) is 10.2. The normalized spacial score (nSPS) is 14.1. The standard InChI is InChI=1S/C22H28ClN5O.HI/c1-24-22(25-12-11-16-9-10-20(23)26-14-16)27-15-17-5-4-8-19(13-17)28-21(29)18-6-2-3-7-18;/h4-5,8-10,13-14,18H,2-3,6-7,11-12,15H2,1H3,(H,28,29)(H2,24,25,27);1H. The summed E-state index contributed by atoms with van der Waals surface area (Å²) in [5.41, 5.74) is 3.04. The molecule has 1 amide bonds. The van der Waals surface area contributed by atoms with E-state index >= 15 is 0 Å². The zero-order valence-electron chi connectivity index (χ0n) is 17.2. The topological polar surface area (TPSA) is 78.4 Å². The molecule has 0 radical (unpaired) electrons. The summed E-state index contributed by atoms with van der Waals surface area (Å²) in [6.07, 6.45) is 6.92. The number of amides is 1. The van der Waals surface area contributed by atoms with Crippen molar-refractivity contribution in [1.29, 1.82) is 0 Å². The number of nitrogens with one attached hydrogen (secondary N) is 3. The Bertz CT molecular complexity index is 838. The third-order valence-corrected chi connectivity index (χ3v) is 5.32. The first-order valence-corrected chi connectivity index (χ1v) is 10.5. The van der Waals surface area contributed by atoms with Crippen molar-refractivity contribution in [2.45, 2.75) is 38.6 Å². The summed E-state index contributed by atoms with van der Waals surface area (Å²) in [7, 11) is 1.75. The van der Waals surface area contributed by atoms with Crippen LogP contribution < -0.4 is 16.0 Å². The van der Waals surface area contributed by atoms with Crippen molar-refractivity contribution in [3.8, 4) is 0 Å². The van der Waals surface area contributed by atoms with Gasteiger partial charge in [0.2, 0.25) is 5.91 Å². The average molecular weight is 542 g/mol. The number of anilines is 1. The Labute approximate surface area is 200 Å². The molecule has 1 heterocycles. The molecule has 6 nitrogen and oxygen atoms in total. The van der Waals surface area contributed by atoms with E-state index in [1.807, 2.05) is 30.3 Å². The fourth-order valence-corrected chi connectivity index (χ4v) is 3.59. The first kappa shape index (κ1) is 24.4. The molecule has 1 aliphatic carbocycles. The number of halogens is 2. The zero-order valence-corrected chi connectivity index (χ0v) is 20.2. The molecule has 0 unspecified atom stereocenters. The van der Waals surface area contributed by atoms with Gasteiger partial charge >= 0.3 is 0 Å². The quantitative estimate of drug-likeness (QED) is 0.210. The van der Waals surface area contributed by atoms with E-state index < -0.39 is 0 Å². The lowest BCUT2D eigenvalue weighted by atomic mass is 10.1. The van der Waals surface area contributed by atoms with Gasteiger partial charge in [0, 0.05) is 37.9 Å². The molecule has 1 aromatic carbocycles. The van der Waals surface area contributed by atoms with Gasteiger partial charge in [0.1, 0.15) is 5.15 Å². The maximum atomic E-state index is 12.3. The number of hydrogen-bond donors (Lipinski definition) is 3. The lowest BCUT2D eigenvalue weighted by molar-refractivity contribution is -0.119. The summed E-state index contributed by atoms with van der Waals surface area (Å²) in [6.45, 7) is 1.36.